The number of anilines is 1. The summed E-state index contributed by atoms with van der Waals surface area (Å²) in [5.74, 6) is -2.26. The van der Waals surface area contributed by atoms with Gasteiger partial charge in [-0.05, 0) is 18.2 Å². The maximum absolute atomic E-state index is 13.8. The van der Waals surface area contributed by atoms with Crippen LogP contribution < -0.4 is 4.90 Å². The maximum Gasteiger partial charge on any atom is 0.419 e. The predicted molar refractivity (Wildman–Crippen MR) is 97.6 cm³/mol. The van der Waals surface area contributed by atoms with Gasteiger partial charge in [0.05, 0.1) is 24.7 Å². The number of esters is 2. The van der Waals surface area contributed by atoms with Crippen molar-refractivity contribution in [3.63, 3.8) is 0 Å². The van der Waals surface area contributed by atoms with Crippen LogP contribution in [-0.2, 0) is 25.2 Å². The second-order valence-electron chi connectivity index (χ2n) is 5.36. The van der Waals surface area contributed by atoms with Crippen molar-refractivity contribution in [2.45, 2.75) is 6.18 Å². The van der Waals surface area contributed by atoms with Gasteiger partial charge >= 0.3 is 18.1 Å². The summed E-state index contributed by atoms with van der Waals surface area (Å²) in [6.45, 7) is 0. The van der Waals surface area contributed by atoms with E-state index < -0.39 is 55.7 Å². The molecule has 0 spiro atoms. The van der Waals surface area contributed by atoms with E-state index in [0.29, 0.717) is 4.90 Å². The molecule has 2 rings (SSSR count). The van der Waals surface area contributed by atoms with Crippen molar-refractivity contribution in [3.8, 4) is 0 Å². The molecule has 0 atom stereocenters. The summed E-state index contributed by atoms with van der Waals surface area (Å²) in [5.41, 5.74) is -4.47. The van der Waals surface area contributed by atoms with E-state index in [0.717, 1.165) is 38.6 Å². The summed E-state index contributed by atoms with van der Waals surface area (Å²) in [4.78, 5) is 35.6. The molecule has 0 saturated carbocycles. The Morgan fingerprint density at radius 1 is 1.14 bits per heavy atom. The lowest BCUT2D eigenvalue weighted by molar-refractivity contribution is -0.384. The van der Waals surface area contributed by atoms with E-state index in [-0.39, 0.29) is 0 Å². The Morgan fingerprint density at radius 2 is 1.76 bits per heavy atom. The molecule has 1 aliphatic heterocycles. The first-order valence-electron chi connectivity index (χ1n) is 7.63. The Labute approximate surface area is 170 Å². The Kier molecular flexibility index (Phi) is 6.47. The predicted octanol–water partition coefficient (Wildman–Crippen LogP) is 3.87. The Morgan fingerprint density at radius 3 is 2.28 bits per heavy atom. The molecule has 0 aromatic heterocycles. The van der Waals surface area contributed by atoms with Crippen LogP contribution in [0.25, 0.3) is 0 Å². The quantitative estimate of drug-likeness (QED) is 0.369. The van der Waals surface area contributed by atoms with Crippen molar-refractivity contribution in [1.29, 1.82) is 0 Å². The Balaban J connectivity index is 3.00. The van der Waals surface area contributed by atoms with E-state index in [2.05, 4.69) is 25.4 Å². The molecule has 1 heterocycles. The summed E-state index contributed by atoms with van der Waals surface area (Å²) >= 11 is 2.75. The third kappa shape index (κ3) is 4.31. The number of nitro groups is 1. The van der Waals surface area contributed by atoms with Crippen molar-refractivity contribution in [3.05, 3.63) is 68.0 Å². The van der Waals surface area contributed by atoms with Gasteiger partial charge in [-0.1, -0.05) is 22.0 Å². The number of allylic oxidation sites excluding steroid dienone is 2. The number of methoxy groups -OCH3 is 2. The summed E-state index contributed by atoms with van der Waals surface area (Å²) in [5, 5.41) is 11.5. The minimum atomic E-state index is -5.04. The van der Waals surface area contributed by atoms with Gasteiger partial charge in [-0.2, -0.15) is 13.2 Å². The van der Waals surface area contributed by atoms with Gasteiger partial charge in [-0.15, -0.1) is 0 Å². The minimum Gasteiger partial charge on any atom is -0.465 e. The summed E-state index contributed by atoms with van der Waals surface area (Å²) in [6, 6.07) is 1.71. The summed E-state index contributed by atoms with van der Waals surface area (Å²) < 4.78 is 50.1. The molecule has 0 aliphatic carbocycles. The normalized spacial score (nSPS) is 13.9. The second kappa shape index (κ2) is 8.47. The van der Waals surface area contributed by atoms with Gasteiger partial charge in [0.1, 0.15) is 16.9 Å². The van der Waals surface area contributed by atoms with Crippen molar-refractivity contribution in [1.82, 2.24) is 0 Å². The number of ether oxygens (including phenoxy) is 2. The maximum atomic E-state index is 13.8. The number of alkyl halides is 3. The topological polar surface area (TPSA) is 99.0 Å². The number of rotatable bonds is 4. The number of carbonyl (C=O) groups is 2. The molecule has 1 aliphatic rings. The zero-order valence-electron chi connectivity index (χ0n) is 14.8. The molecular weight excluding hydrogens is 465 g/mol. The number of hydrogen-bond acceptors (Lipinski definition) is 7. The first-order chi connectivity index (χ1) is 13.5. The van der Waals surface area contributed by atoms with Gasteiger partial charge in [0.15, 0.2) is 0 Å². The van der Waals surface area contributed by atoms with Gasteiger partial charge in [0.25, 0.3) is 5.69 Å². The van der Waals surface area contributed by atoms with Crippen LogP contribution in [-0.4, -0.2) is 31.1 Å². The van der Waals surface area contributed by atoms with Crippen LogP contribution in [0.4, 0.5) is 24.5 Å². The van der Waals surface area contributed by atoms with Crippen LogP contribution in [0.5, 0.6) is 0 Å². The first kappa shape index (κ1) is 22.1. The van der Waals surface area contributed by atoms with Crippen molar-refractivity contribution >= 4 is 39.2 Å². The number of nitrogens with zero attached hydrogens (tertiary/aromatic N) is 2. The van der Waals surface area contributed by atoms with Gasteiger partial charge in [-0.3, -0.25) is 10.1 Å². The smallest absolute Gasteiger partial charge is 0.419 e. The fourth-order valence-electron chi connectivity index (χ4n) is 2.55. The zero-order valence-corrected chi connectivity index (χ0v) is 16.4. The SMILES string of the molecule is COC(=O)C1=C(C(=O)OC)N(c2c([N+](=O)[O-])ccc(Br)c2C(F)(F)F)C=CC=C1. The van der Waals surface area contributed by atoms with Crippen molar-refractivity contribution < 1.29 is 37.2 Å². The van der Waals surface area contributed by atoms with Crippen LogP contribution in [0.3, 0.4) is 0 Å². The number of hydrogen-bond donors (Lipinski definition) is 0. The van der Waals surface area contributed by atoms with Crippen LogP contribution in [0.1, 0.15) is 5.56 Å². The molecule has 0 saturated heterocycles. The molecule has 0 bridgehead atoms. The average Bonchev–Trinajstić information content (AvgIpc) is 2.87. The number of benzene rings is 1. The summed E-state index contributed by atoms with van der Waals surface area (Å²) in [6.07, 6.45) is -0.495. The molecule has 12 heteroatoms. The van der Waals surface area contributed by atoms with Crippen LogP contribution in [0.15, 0.2) is 52.3 Å². The van der Waals surface area contributed by atoms with E-state index in [4.69, 9.17) is 0 Å². The lowest BCUT2D eigenvalue weighted by atomic mass is 10.1. The monoisotopic (exact) mass is 476 g/mol. The molecule has 0 N–H and O–H groups in total. The third-order valence-corrected chi connectivity index (χ3v) is 4.38. The molecule has 1 aromatic rings. The fourth-order valence-corrected chi connectivity index (χ4v) is 3.10. The molecule has 1 aromatic carbocycles. The third-order valence-electron chi connectivity index (χ3n) is 3.72. The first-order valence-corrected chi connectivity index (χ1v) is 8.43. The Hall–Kier alpha value is -3.15. The number of carbonyl (C=O) groups excluding carboxylic acids is 2. The molecule has 154 valence electrons. The lowest BCUT2D eigenvalue weighted by Gasteiger charge is -2.26. The molecule has 0 unspecified atom stereocenters. The molecule has 29 heavy (non-hydrogen) atoms. The van der Waals surface area contributed by atoms with Crippen molar-refractivity contribution in [2.75, 3.05) is 19.1 Å². The second-order valence-corrected chi connectivity index (χ2v) is 6.22. The van der Waals surface area contributed by atoms with Crippen LogP contribution in [0.2, 0.25) is 0 Å². The molecular formula is C17H12BrF3N2O6. The standard InChI is InChI=1S/C17H12BrF3N2O6/c1-28-15(24)9-5-3-4-8-22(13(9)16(25)29-2)14-11(23(26)27)7-6-10(18)12(14)17(19,20)21/h3-8H,1-2H3. The number of nitro benzene ring substituents is 1. The highest BCUT2D eigenvalue weighted by atomic mass is 79.9. The fraction of sp³-hybridized carbons (Fsp3) is 0.176. The molecule has 8 nitrogen and oxygen atoms in total. The van der Waals surface area contributed by atoms with E-state index in [1.165, 1.54) is 12.2 Å². The van der Waals surface area contributed by atoms with Gasteiger partial charge < -0.3 is 14.4 Å². The lowest BCUT2D eigenvalue weighted by Crippen LogP contribution is -2.29. The molecule has 0 radical (unpaired) electrons. The highest BCUT2D eigenvalue weighted by Crippen LogP contribution is 2.47. The minimum absolute atomic E-state index is 0.452. The summed E-state index contributed by atoms with van der Waals surface area (Å²) in [7, 11) is 1.95. The number of halogens is 4. The van der Waals surface area contributed by atoms with E-state index in [1.54, 1.807) is 0 Å². The van der Waals surface area contributed by atoms with E-state index >= 15 is 0 Å². The molecule has 0 amide bonds. The largest absolute Gasteiger partial charge is 0.465 e. The Bertz CT molecular complexity index is 969. The van der Waals surface area contributed by atoms with E-state index in [9.17, 15) is 32.9 Å². The van der Waals surface area contributed by atoms with Gasteiger partial charge in [0, 0.05) is 16.7 Å². The van der Waals surface area contributed by atoms with Crippen LogP contribution >= 0.6 is 15.9 Å². The van der Waals surface area contributed by atoms with E-state index in [1.807, 2.05) is 0 Å². The van der Waals surface area contributed by atoms with Crippen molar-refractivity contribution in [2.24, 2.45) is 0 Å². The zero-order chi connectivity index (χ0) is 21.9. The van der Waals surface area contributed by atoms with Crippen LogP contribution in [0, 0.1) is 10.1 Å². The highest BCUT2D eigenvalue weighted by molar-refractivity contribution is 9.10. The molecule has 0 fully saturated rings. The van der Waals surface area contributed by atoms with Gasteiger partial charge in [-0.25, -0.2) is 9.59 Å². The van der Waals surface area contributed by atoms with Gasteiger partial charge in [0.2, 0.25) is 0 Å². The average molecular weight is 477 g/mol. The highest BCUT2D eigenvalue weighted by Gasteiger charge is 2.43.